The molecule has 0 unspecified atom stereocenters. The van der Waals surface area contributed by atoms with Crippen LogP contribution in [0.25, 0.3) is 0 Å². The molecule has 104 valence electrons. The summed E-state index contributed by atoms with van der Waals surface area (Å²) in [7, 11) is 0. The quantitative estimate of drug-likeness (QED) is 0.687. The third kappa shape index (κ3) is 5.65. The van der Waals surface area contributed by atoms with E-state index in [1.165, 1.54) is 5.82 Å². The third-order valence-electron chi connectivity index (χ3n) is 2.74. The van der Waals surface area contributed by atoms with Crippen LogP contribution in [0.3, 0.4) is 0 Å². The highest BCUT2D eigenvalue weighted by molar-refractivity contribution is 4.97. The van der Waals surface area contributed by atoms with E-state index in [2.05, 4.69) is 48.8 Å². The van der Waals surface area contributed by atoms with Gasteiger partial charge in [0.1, 0.15) is 5.82 Å². The number of nitrogens with zero attached hydrogens (tertiary/aromatic N) is 2. The normalized spacial score (nSPS) is 11.7. The lowest BCUT2D eigenvalue weighted by atomic mass is 10.2. The van der Waals surface area contributed by atoms with E-state index in [0.717, 1.165) is 32.7 Å². The largest absolute Gasteiger partial charge is 0.379 e. The van der Waals surface area contributed by atoms with E-state index in [-0.39, 0.29) is 0 Å². The number of rotatable bonds is 9. The molecule has 0 saturated heterocycles. The molecule has 0 aliphatic heterocycles. The van der Waals surface area contributed by atoms with Gasteiger partial charge in [0.25, 0.3) is 0 Å². The lowest BCUT2D eigenvalue weighted by Gasteiger charge is -2.11. The SMILES string of the molecule is CC(C)OCCCNCCn1ccnc1C(C)C. The van der Waals surface area contributed by atoms with Crippen LogP contribution in [0.15, 0.2) is 12.4 Å². The van der Waals surface area contributed by atoms with E-state index in [1.54, 1.807) is 0 Å². The van der Waals surface area contributed by atoms with Gasteiger partial charge < -0.3 is 14.6 Å². The Balaban J connectivity index is 2.09. The number of nitrogens with one attached hydrogen (secondary N) is 1. The van der Waals surface area contributed by atoms with Gasteiger partial charge in [0.15, 0.2) is 0 Å². The van der Waals surface area contributed by atoms with Crippen LogP contribution in [-0.2, 0) is 11.3 Å². The molecule has 1 rings (SSSR count). The first-order chi connectivity index (χ1) is 8.61. The Morgan fingerprint density at radius 1 is 1.28 bits per heavy atom. The molecule has 0 spiro atoms. The molecule has 1 aromatic heterocycles. The summed E-state index contributed by atoms with van der Waals surface area (Å²) in [6.07, 6.45) is 5.34. The van der Waals surface area contributed by atoms with Gasteiger partial charge in [-0.2, -0.15) is 0 Å². The van der Waals surface area contributed by atoms with E-state index >= 15 is 0 Å². The molecule has 0 atom stereocenters. The molecule has 1 N–H and O–H groups in total. The van der Waals surface area contributed by atoms with Gasteiger partial charge in [-0.25, -0.2) is 4.98 Å². The molecule has 18 heavy (non-hydrogen) atoms. The molecule has 0 saturated carbocycles. The average Bonchev–Trinajstić information content (AvgIpc) is 2.75. The monoisotopic (exact) mass is 253 g/mol. The molecule has 0 aliphatic rings. The summed E-state index contributed by atoms with van der Waals surface area (Å²) in [4.78, 5) is 4.38. The number of imidazole rings is 1. The van der Waals surface area contributed by atoms with Gasteiger partial charge in [-0.3, -0.25) is 0 Å². The maximum absolute atomic E-state index is 5.49. The summed E-state index contributed by atoms with van der Waals surface area (Å²) >= 11 is 0. The van der Waals surface area contributed by atoms with Crippen molar-refractivity contribution >= 4 is 0 Å². The number of ether oxygens (including phenoxy) is 1. The van der Waals surface area contributed by atoms with Gasteiger partial charge in [0, 0.05) is 38.0 Å². The van der Waals surface area contributed by atoms with Gasteiger partial charge >= 0.3 is 0 Å². The van der Waals surface area contributed by atoms with Crippen LogP contribution < -0.4 is 5.32 Å². The minimum absolute atomic E-state index is 0.338. The molecular formula is C14H27N3O. The lowest BCUT2D eigenvalue weighted by molar-refractivity contribution is 0.0771. The number of hydrogen-bond acceptors (Lipinski definition) is 3. The van der Waals surface area contributed by atoms with Gasteiger partial charge in [-0.05, 0) is 26.8 Å². The van der Waals surface area contributed by atoms with Crippen LogP contribution >= 0.6 is 0 Å². The first-order valence-electron chi connectivity index (χ1n) is 6.94. The Morgan fingerprint density at radius 2 is 2.06 bits per heavy atom. The summed E-state index contributed by atoms with van der Waals surface area (Å²) in [5.41, 5.74) is 0. The van der Waals surface area contributed by atoms with Crippen molar-refractivity contribution in [2.24, 2.45) is 0 Å². The molecule has 4 nitrogen and oxygen atoms in total. The number of aromatic nitrogens is 2. The fourth-order valence-electron chi connectivity index (χ4n) is 1.85. The summed E-state index contributed by atoms with van der Waals surface area (Å²) in [5, 5.41) is 3.43. The second-order valence-corrected chi connectivity index (χ2v) is 5.16. The second-order valence-electron chi connectivity index (χ2n) is 5.16. The highest BCUT2D eigenvalue weighted by Crippen LogP contribution is 2.10. The predicted molar refractivity (Wildman–Crippen MR) is 74.9 cm³/mol. The molecule has 0 radical (unpaired) electrons. The topological polar surface area (TPSA) is 39.1 Å². The van der Waals surface area contributed by atoms with Gasteiger partial charge in [-0.1, -0.05) is 13.8 Å². The van der Waals surface area contributed by atoms with Crippen molar-refractivity contribution < 1.29 is 4.74 Å². The first-order valence-corrected chi connectivity index (χ1v) is 6.94. The van der Waals surface area contributed by atoms with Crippen molar-refractivity contribution in [2.75, 3.05) is 19.7 Å². The Hall–Kier alpha value is -0.870. The van der Waals surface area contributed by atoms with Crippen LogP contribution in [0, 0.1) is 0 Å². The summed E-state index contributed by atoms with van der Waals surface area (Å²) < 4.78 is 7.71. The maximum atomic E-state index is 5.49. The van der Waals surface area contributed by atoms with Gasteiger partial charge in [0.05, 0.1) is 6.10 Å². The summed E-state index contributed by atoms with van der Waals surface area (Å²) in [5.74, 6) is 1.65. The van der Waals surface area contributed by atoms with Gasteiger partial charge in [0.2, 0.25) is 0 Å². The zero-order valence-electron chi connectivity index (χ0n) is 12.1. The van der Waals surface area contributed by atoms with Gasteiger partial charge in [-0.15, -0.1) is 0 Å². The highest BCUT2D eigenvalue weighted by atomic mass is 16.5. The summed E-state index contributed by atoms with van der Waals surface area (Å²) in [6, 6.07) is 0. The second kappa shape index (κ2) is 8.27. The average molecular weight is 253 g/mol. The first kappa shape index (κ1) is 15.2. The van der Waals surface area contributed by atoms with E-state index in [4.69, 9.17) is 4.74 Å². The smallest absolute Gasteiger partial charge is 0.111 e. The molecular weight excluding hydrogens is 226 g/mol. The van der Waals surface area contributed by atoms with Crippen LogP contribution in [-0.4, -0.2) is 35.4 Å². The molecule has 0 fully saturated rings. The van der Waals surface area contributed by atoms with Crippen molar-refractivity contribution in [1.29, 1.82) is 0 Å². The molecule has 4 heteroatoms. The molecule has 1 aromatic rings. The molecule has 0 aromatic carbocycles. The van der Waals surface area contributed by atoms with Crippen molar-refractivity contribution in [3.63, 3.8) is 0 Å². The van der Waals surface area contributed by atoms with Crippen molar-refractivity contribution in [3.05, 3.63) is 18.2 Å². The molecule has 0 aliphatic carbocycles. The van der Waals surface area contributed by atoms with Crippen molar-refractivity contribution in [3.8, 4) is 0 Å². The zero-order valence-corrected chi connectivity index (χ0v) is 12.1. The fourth-order valence-corrected chi connectivity index (χ4v) is 1.85. The third-order valence-corrected chi connectivity index (χ3v) is 2.74. The summed E-state index contributed by atoms with van der Waals surface area (Å²) in [6.45, 7) is 12.3. The lowest BCUT2D eigenvalue weighted by Crippen LogP contribution is -2.23. The molecule has 0 bridgehead atoms. The zero-order chi connectivity index (χ0) is 13.4. The van der Waals surface area contributed by atoms with Crippen molar-refractivity contribution in [2.45, 2.75) is 52.7 Å². The predicted octanol–water partition coefficient (Wildman–Crippen LogP) is 2.41. The van der Waals surface area contributed by atoms with Crippen molar-refractivity contribution in [1.82, 2.24) is 14.9 Å². The Kier molecular flexibility index (Phi) is 6.98. The van der Waals surface area contributed by atoms with E-state index < -0.39 is 0 Å². The minimum atomic E-state index is 0.338. The maximum Gasteiger partial charge on any atom is 0.111 e. The Labute approximate surface area is 111 Å². The molecule has 1 heterocycles. The highest BCUT2D eigenvalue weighted by Gasteiger charge is 2.05. The van der Waals surface area contributed by atoms with E-state index in [9.17, 15) is 0 Å². The fraction of sp³-hybridized carbons (Fsp3) is 0.786. The standard InChI is InChI=1S/C14H27N3O/c1-12(2)14-16-8-10-17(14)9-7-15-6-5-11-18-13(3)4/h8,10,12-13,15H,5-7,9,11H2,1-4H3. The van der Waals surface area contributed by atoms with E-state index in [1.807, 2.05) is 6.20 Å². The van der Waals surface area contributed by atoms with Crippen LogP contribution in [0.1, 0.15) is 45.9 Å². The van der Waals surface area contributed by atoms with E-state index in [0.29, 0.717) is 12.0 Å². The Bertz CT molecular complexity index is 321. The van der Waals surface area contributed by atoms with Crippen LogP contribution in [0.4, 0.5) is 0 Å². The number of hydrogen-bond donors (Lipinski definition) is 1. The molecule has 0 amide bonds. The van der Waals surface area contributed by atoms with Crippen LogP contribution in [0.2, 0.25) is 0 Å². The van der Waals surface area contributed by atoms with Crippen LogP contribution in [0.5, 0.6) is 0 Å². The minimum Gasteiger partial charge on any atom is -0.379 e. The Morgan fingerprint density at radius 3 is 2.72 bits per heavy atom.